The van der Waals surface area contributed by atoms with Gasteiger partial charge in [-0.2, -0.15) is 23.5 Å². The van der Waals surface area contributed by atoms with Crippen molar-refractivity contribution in [1.82, 2.24) is 19.6 Å². The van der Waals surface area contributed by atoms with Gasteiger partial charge in [0.25, 0.3) is 0 Å². The maximum Gasteiger partial charge on any atom is 0.435 e. The van der Waals surface area contributed by atoms with E-state index in [9.17, 15) is 23.2 Å². The van der Waals surface area contributed by atoms with E-state index in [-0.39, 0.29) is 24.6 Å². The monoisotopic (exact) mass is 523 g/mol. The van der Waals surface area contributed by atoms with Crippen LogP contribution in [0, 0.1) is 23.7 Å². The summed E-state index contributed by atoms with van der Waals surface area (Å²) in [7, 11) is 3.79. The van der Waals surface area contributed by atoms with Gasteiger partial charge in [0.2, 0.25) is 5.91 Å². The van der Waals surface area contributed by atoms with Crippen LogP contribution in [-0.4, -0.2) is 52.7 Å². The standard InChI is InChI=1S/C27H24F3N5OS/c1-4-11-35-16-23(26(32-35)27(28,29)30)20-9-6-5-8-19(20)22-15-34(25(36)10-7-12-33(2)3)17-24-21(22)13-18(14-31)37-24/h1,5-10,13,16,22H,11-12,15,17H2,2-3H3/b10-7+. The quantitative estimate of drug-likeness (QED) is 0.346. The van der Waals surface area contributed by atoms with Crippen LogP contribution in [0.15, 0.2) is 48.7 Å². The van der Waals surface area contributed by atoms with Gasteiger partial charge in [-0.3, -0.25) is 9.48 Å². The molecule has 0 radical (unpaired) electrons. The summed E-state index contributed by atoms with van der Waals surface area (Å²) in [5, 5.41) is 13.2. The SMILES string of the molecule is C#CCn1cc(-c2ccccc2C2CN(C(=O)/C=C/CN(C)C)Cc3sc(C#N)cc32)c(C(F)(F)F)n1. The highest BCUT2D eigenvalue weighted by atomic mass is 32.1. The number of fused-ring (bicyclic) bond motifs is 1. The second kappa shape index (κ2) is 10.6. The number of hydrogen-bond donors (Lipinski definition) is 0. The Morgan fingerprint density at radius 2 is 2.05 bits per heavy atom. The summed E-state index contributed by atoms with van der Waals surface area (Å²) in [6.45, 7) is 1.09. The lowest BCUT2D eigenvalue weighted by atomic mass is 9.83. The second-order valence-corrected chi connectivity index (χ2v) is 10.1. The first-order valence-corrected chi connectivity index (χ1v) is 12.2. The van der Waals surface area contributed by atoms with Crippen LogP contribution in [0.1, 0.15) is 32.5 Å². The molecule has 0 fully saturated rings. The third kappa shape index (κ3) is 5.61. The van der Waals surface area contributed by atoms with Crippen LogP contribution in [-0.2, 0) is 24.1 Å². The number of hydrogen-bond acceptors (Lipinski definition) is 5. The zero-order valence-electron chi connectivity index (χ0n) is 20.3. The molecule has 0 saturated carbocycles. The zero-order valence-corrected chi connectivity index (χ0v) is 21.1. The molecule has 1 atom stereocenters. The lowest BCUT2D eigenvalue weighted by Crippen LogP contribution is -2.37. The summed E-state index contributed by atoms with van der Waals surface area (Å²) >= 11 is 1.30. The number of terminal acetylenes is 1. The normalized spacial score (nSPS) is 15.6. The Hall–Kier alpha value is -3.86. The summed E-state index contributed by atoms with van der Waals surface area (Å²) in [5.74, 6) is 1.70. The molecule has 4 rings (SSSR count). The molecule has 3 heterocycles. The Kier molecular flexibility index (Phi) is 7.53. The minimum absolute atomic E-state index is 0.0787. The lowest BCUT2D eigenvalue weighted by molar-refractivity contribution is -0.141. The number of carbonyl (C=O) groups excluding carboxylic acids is 1. The molecule has 1 aromatic carbocycles. The fourth-order valence-corrected chi connectivity index (χ4v) is 5.46. The highest BCUT2D eigenvalue weighted by Crippen LogP contribution is 2.44. The van der Waals surface area contributed by atoms with Gasteiger partial charge in [-0.25, -0.2) is 0 Å². The molecule has 6 nitrogen and oxygen atoms in total. The van der Waals surface area contributed by atoms with E-state index in [1.807, 2.05) is 19.0 Å². The van der Waals surface area contributed by atoms with Gasteiger partial charge in [0, 0.05) is 41.7 Å². The molecule has 0 aliphatic carbocycles. The number of rotatable bonds is 6. The number of carbonyl (C=O) groups is 1. The molecular weight excluding hydrogens is 499 g/mol. The Balaban J connectivity index is 1.82. The van der Waals surface area contributed by atoms with Crippen LogP contribution in [0.2, 0.25) is 0 Å². The molecule has 0 N–H and O–H groups in total. The summed E-state index contributed by atoms with van der Waals surface area (Å²) in [6.07, 6.45) is 5.22. The maximum absolute atomic E-state index is 14.0. The Labute approximate surface area is 217 Å². The van der Waals surface area contributed by atoms with Crippen LogP contribution in [0.4, 0.5) is 13.2 Å². The van der Waals surface area contributed by atoms with E-state index in [1.54, 1.807) is 41.3 Å². The van der Waals surface area contributed by atoms with Gasteiger partial charge in [0.15, 0.2) is 5.69 Å². The van der Waals surface area contributed by atoms with E-state index in [0.29, 0.717) is 29.1 Å². The second-order valence-electron chi connectivity index (χ2n) is 8.92. The molecule has 37 heavy (non-hydrogen) atoms. The van der Waals surface area contributed by atoms with Crippen LogP contribution < -0.4 is 0 Å². The molecule has 0 saturated heterocycles. The van der Waals surface area contributed by atoms with Crippen molar-refractivity contribution in [2.75, 3.05) is 27.2 Å². The average Bonchev–Trinajstić information content (AvgIpc) is 3.47. The molecule has 1 amide bonds. The highest BCUT2D eigenvalue weighted by Gasteiger charge is 2.39. The van der Waals surface area contributed by atoms with Gasteiger partial charge in [-0.05, 0) is 36.9 Å². The van der Waals surface area contributed by atoms with Gasteiger partial charge in [-0.15, -0.1) is 17.8 Å². The first kappa shape index (κ1) is 26.2. The number of thiophene rings is 1. The van der Waals surface area contributed by atoms with Crippen LogP contribution in [0.3, 0.4) is 0 Å². The fraction of sp³-hybridized carbons (Fsp3) is 0.296. The van der Waals surface area contributed by atoms with Crippen molar-refractivity contribution < 1.29 is 18.0 Å². The molecule has 0 spiro atoms. The van der Waals surface area contributed by atoms with Crippen molar-refractivity contribution >= 4 is 17.2 Å². The van der Waals surface area contributed by atoms with Crippen molar-refractivity contribution in [2.45, 2.75) is 25.2 Å². The number of alkyl halides is 3. The van der Waals surface area contributed by atoms with E-state index in [1.165, 1.54) is 23.6 Å². The summed E-state index contributed by atoms with van der Waals surface area (Å²) in [5.41, 5.74) is 0.724. The number of halogens is 3. The third-order valence-corrected chi connectivity index (χ3v) is 7.06. The molecule has 3 aromatic rings. The minimum atomic E-state index is -4.68. The van der Waals surface area contributed by atoms with Crippen molar-refractivity contribution in [3.05, 3.63) is 75.3 Å². The maximum atomic E-state index is 14.0. The van der Waals surface area contributed by atoms with Crippen LogP contribution in [0.5, 0.6) is 0 Å². The van der Waals surface area contributed by atoms with Crippen molar-refractivity contribution in [3.8, 4) is 29.5 Å². The van der Waals surface area contributed by atoms with E-state index >= 15 is 0 Å². The lowest BCUT2D eigenvalue weighted by Gasteiger charge is -2.33. The summed E-state index contributed by atoms with van der Waals surface area (Å²) in [6, 6.07) is 10.7. The fourth-order valence-electron chi connectivity index (χ4n) is 4.43. The molecule has 10 heteroatoms. The van der Waals surface area contributed by atoms with Gasteiger partial charge in [-0.1, -0.05) is 36.3 Å². The summed E-state index contributed by atoms with van der Waals surface area (Å²) in [4.78, 5) is 18.0. The van der Waals surface area contributed by atoms with Crippen molar-refractivity contribution in [2.24, 2.45) is 0 Å². The number of nitriles is 1. The zero-order chi connectivity index (χ0) is 26.7. The number of benzene rings is 1. The van der Waals surface area contributed by atoms with E-state index in [4.69, 9.17) is 6.42 Å². The topological polar surface area (TPSA) is 65.2 Å². The Morgan fingerprint density at radius 1 is 1.30 bits per heavy atom. The van der Waals surface area contributed by atoms with Crippen LogP contribution >= 0.6 is 11.3 Å². The molecule has 1 aliphatic heterocycles. The molecule has 2 aromatic heterocycles. The first-order valence-electron chi connectivity index (χ1n) is 11.4. The number of amides is 1. The van der Waals surface area contributed by atoms with E-state index < -0.39 is 17.8 Å². The molecule has 190 valence electrons. The predicted octanol–water partition coefficient (Wildman–Crippen LogP) is 4.73. The first-order chi connectivity index (χ1) is 17.6. The molecule has 0 bridgehead atoms. The van der Waals surface area contributed by atoms with E-state index in [2.05, 4.69) is 17.1 Å². The van der Waals surface area contributed by atoms with Crippen molar-refractivity contribution in [3.63, 3.8) is 0 Å². The number of likely N-dealkylation sites (N-methyl/N-ethyl adjacent to an activating group) is 1. The van der Waals surface area contributed by atoms with E-state index in [0.717, 1.165) is 15.1 Å². The Bertz CT molecular complexity index is 1420. The van der Waals surface area contributed by atoms with Gasteiger partial charge in [0.05, 0.1) is 6.54 Å². The smallest absolute Gasteiger partial charge is 0.333 e. The minimum Gasteiger partial charge on any atom is -0.333 e. The largest absolute Gasteiger partial charge is 0.435 e. The number of aromatic nitrogens is 2. The number of nitrogens with zero attached hydrogens (tertiary/aromatic N) is 5. The van der Waals surface area contributed by atoms with Gasteiger partial charge < -0.3 is 9.80 Å². The molecular formula is C27H24F3N5OS. The molecule has 1 unspecified atom stereocenters. The van der Waals surface area contributed by atoms with Gasteiger partial charge >= 0.3 is 6.18 Å². The third-order valence-electron chi connectivity index (χ3n) is 6.02. The van der Waals surface area contributed by atoms with Gasteiger partial charge in [0.1, 0.15) is 17.5 Å². The Morgan fingerprint density at radius 3 is 2.73 bits per heavy atom. The average molecular weight is 524 g/mol. The molecule has 1 aliphatic rings. The van der Waals surface area contributed by atoms with Crippen LogP contribution in [0.25, 0.3) is 11.1 Å². The van der Waals surface area contributed by atoms with Crippen molar-refractivity contribution in [1.29, 1.82) is 5.26 Å². The predicted molar refractivity (Wildman–Crippen MR) is 135 cm³/mol. The summed E-state index contributed by atoms with van der Waals surface area (Å²) < 4.78 is 43.0. The highest BCUT2D eigenvalue weighted by molar-refractivity contribution is 7.12.